The molecule has 0 saturated carbocycles. The zero-order valence-corrected chi connectivity index (χ0v) is 14.3. The number of hydrogen-bond acceptors (Lipinski definition) is 2. The van der Waals surface area contributed by atoms with Gasteiger partial charge in [-0.05, 0) is 37.7 Å². The molecule has 2 heterocycles. The number of carbonyl (C=O) groups excluding carboxylic acids is 1. The van der Waals surface area contributed by atoms with Crippen molar-refractivity contribution in [2.45, 2.75) is 64.1 Å². The molecule has 2 bridgehead atoms. The molecular formula is C18H27ClN2O. The summed E-state index contributed by atoms with van der Waals surface area (Å²) in [7, 11) is 0. The standard InChI is InChI=1S/C18H26N2O.ClH/c1-18(2,12-13-6-4-3-5-7-13)17(21)20-16-10-14-8-9-15(11-16)19-14;/h3-7,14-16,19H,8-12H2,1-2H3,(H,20,21);1H. The fraction of sp³-hybridized carbons (Fsp3) is 0.611. The Hall–Kier alpha value is -1.06. The third-order valence-electron chi connectivity index (χ3n) is 4.91. The van der Waals surface area contributed by atoms with Crippen LogP contribution in [0.15, 0.2) is 30.3 Å². The number of hydrogen-bond donors (Lipinski definition) is 2. The van der Waals surface area contributed by atoms with Gasteiger partial charge in [0.15, 0.2) is 0 Å². The maximum Gasteiger partial charge on any atom is 0.226 e. The Morgan fingerprint density at radius 2 is 1.77 bits per heavy atom. The van der Waals surface area contributed by atoms with Crippen LogP contribution in [-0.4, -0.2) is 24.0 Å². The van der Waals surface area contributed by atoms with E-state index in [9.17, 15) is 4.79 Å². The molecular weight excluding hydrogens is 296 g/mol. The zero-order chi connectivity index (χ0) is 14.9. The van der Waals surface area contributed by atoms with E-state index >= 15 is 0 Å². The van der Waals surface area contributed by atoms with Gasteiger partial charge in [-0.1, -0.05) is 44.2 Å². The molecule has 0 radical (unpaired) electrons. The normalized spacial score (nSPS) is 27.1. The van der Waals surface area contributed by atoms with Gasteiger partial charge in [-0.3, -0.25) is 4.79 Å². The van der Waals surface area contributed by atoms with E-state index in [4.69, 9.17) is 0 Å². The Morgan fingerprint density at radius 3 is 2.36 bits per heavy atom. The third-order valence-corrected chi connectivity index (χ3v) is 4.91. The van der Waals surface area contributed by atoms with Gasteiger partial charge in [0, 0.05) is 23.5 Å². The highest BCUT2D eigenvalue weighted by molar-refractivity contribution is 5.85. The molecule has 3 nitrogen and oxygen atoms in total. The molecule has 2 aliphatic heterocycles. The summed E-state index contributed by atoms with van der Waals surface area (Å²) in [5, 5.41) is 6.92. The molecule has 1 aromatic carbocycles. The van der Waals surface area contributed by atoms with Crippen LogP contribution in [0.4, 0.5) is 0 Å². The number of benzene rings is 1. The van der Waals surface area contributed by atoms with E-state index in [1.807, 2.05) is 32.0 Å². The average Bonchev–Trinajstić information content (AvgIpc) is 2.78. The highest BCUT2D eigenvalue weighted by atomic mass is 35.5. The Morgan fingerprint density at radius 1 is 1.18 bits per heavy atom. The van der Waals surface area contributed by atoms with Crippen LogP contribution in [-0.2, 0) is 11.2 Å². The van der Waals surface area contributed by atoms with Gasteiger partial charge in [0.25, 0.3) is 0 Å². The summed E-state index contributed by atoms with van der Waals surface area (Å²) in [5.41, 5.74) is 0.869. The van der Waals surface area contributed by atoms with Crippen LogP contribution in [0.25, 0.3) is 0 Å². The van der Waals surface area contributed by atoms with Crippen LogP contribution in [0.5, 0.6) is 0 Å². The fourth-order valence-corrected chi connectivity index (χ4v) is 3.74. The summed E-state index contributed by atoms with van der Waals surface area (Å²) in [5.74, 6) is 0.192. The van der Waals surface area contributed by atoms with Crippen molar-refractivity contribution in [2.24, 2.45) is 5.41 Å². The second-order valence-electron chi connectivity index (χ2n) is 7.33. The first-order chi connectivity index (χ1) is 10.0. The smallest absolute Gasteiger partial charge is 0.226 e. The summed E-state index contributed by atoms with van der Waals surface area (Å²) in [4.78, 5) is 12.6. The molecule has 1 amide bonds. The maximum atomic E-state index is 12.6. The lowest BCUT2D eigenvalue weighted by Gasteiger charge is -2.33. The van der Waals surface area contributed by atoms with E-state index in [0.717, 1.165) is 19.3 Å². The van der Waals surface area contributed by atoms with Gasteiger partial charge < -0.3 is 10.6 Å². The van der Waals surface area contributed by atoms with Crippen molar-refractivity contribution in [3.8, 4) is 0 Å². The minimum Gasteiger partial charge on any atom is -0.353 e. The second kappa shape index (κ2) is 7.01. The fourth-order valence-electron chi connectivity index (χ4n) is 3.74. The predicted molar refractivity (Wildman–Crippen MR) is 92.3 cm³/mol. The summed E-state index contributed by atoms with van der Waals surface area (Å²) in [6.45, 7) is 4.09. The number of piperidine rings is 1. The molecule has 4 heteroatoms. The number of amides is 1. The molecule has 2 N–H and O–H groups in total. The zero-order valence-electron chi connectivity index (χ0n) is 13.5. The summed E-state index contributed by atoms with van der Waals surface area (Å²) in [6.07, 6.45) is 5.50. The van der Waals surface area contributed by atoms with Crippen LogP contribution in [0.1, 0.15) is 45.1 Å². The van der Waals surface area contributed by atoms with Crippen molar-refractivity contribution >= 4 is 18.3 Å². The quantitative estimate of drug-likeness (QED) is 0.894. The summed E-state index contributed by atoms with van der Waals surface area (Å²) in [6, 6.07) is 11.9. The highest BCUT2D eigenvalue weighted by Crippen LogP contribution is 2.28. The van der Waals surface area contributed by atoms with Gasteiger partial charge in [0.05, 0.1) is 0 Å². The van der Waals surface area contributed by atoms with Gasteiger partial charge in [-0.2, -0.15) is 0 Å². The average molecular weight is 323 g/mol. The van der Waals surface area contributed by atoms with Gasteiger partial charge in [-0.25, -0.2) is 0 Å². The minimum absolute atomic E-state index is 0. The van der Waals surface area contributed by atoms with Crippen LogP contribution in [0.2, 0.25) is 0 Å². The van der Waals surface area contributed by atoms with Crippen LogP contribution >= 0.6 is 12.4 Å². The predicted octanol–water partition coefficient (Wildman–Crippen LogP) is 3.08. The van der Waals surface area contributed by atoms with Crippen molar-refractivity contribution in [1.82, 2.24) is 10.6 Å². The summed E-state index contributed by atoms with van der Waals surface area (Å²) >= 11 is 0. The lowest BCUT2D eigenvalue weighted by molar-refractivity contribution is -0.130. The van der Waals surface area contributed by atoms with Crippen molar-refractivity contribution in [3.63, 3.8) is 0 Å². The lowest BCUT2D eigenvalue weighted by Crippen LogP contribution is -2.51. The highest BCUT2D eigenvalue weighted by Gasteiger charge is 2.36. The van der Waals surface area contributed by atoms with Gasteiger partial charge >= 0.3 is 0 Å². The molecule has 0 aliphatic carbocycles. The molecule has 1 aromatic rings. The molecule has 122 valence electrons. The number of carbonyl (C=O) groups is 1. The van der Waals surface area contributed by atoms with Crippen LogP contribution < -0.4 is 10.6 Å². The lowest BCUT2D eigenvalue weighted by atomic mass is 9.84. The van der Waals surface area contributed by atoms with Gasteiger partial charge in [0.1, 0.15) is 0 Å². The SMILES string of the molecule is CC(C)(Cc1ccccc1)C(=O)NC1CC2CCC(C1)N2.Cl. The summed E-state index contributed by atoms with van der Waals surface area (Å²) < 4.78 is 0. The maximum absolute atomic E-state index is 12.6. The van der Waals surface area contributed by atoms with E-state index < -0.39 is 0 Å². The van der Waals surface area contributed by atoms with Crippen molar-refractivity contribution < 1.29 is 4.79 Å². The first kappa shape index (κ1) is 17.3. The second-order valence-corrected chi connectivity index (χ2v) is 7.33. The largest absolute Gasteiger partial charge is 0.353 e. The number of rotatable bonds is 4. The van der Waals surface area contributed by atoms with E-state index in [1.54, 1.807) is 0 Å². The van der Waals surface area contributed by atoms with E-state index in [1.165, 1.54) is 18.4 Å². The molecule has 0 aromatic heterocycles. The molecule has 22 heavy (non-hydrogen) atoms. The third kappa shape index (κ3) is 4.02. The first-order valence-corrected chi connectivity index (χ1v) is 8.14. The van der Waals surface area contributed by atoms with E-state index in [-0.39, 0.29) is 23.7 Å². The van der Waals surface area contributed by atoms with Gasteiger partial charge in [-0.15, -0.1) is 12.4 Å². The Balaban J connectivity index is 0.00000176. The Kier molecular flexibility index (Phi) is 5.51. The number of nitrogens with one attached hydrogen (secondary N) is 2. The number of fused-ring (bicyclic) bond motifs is 2. The van der Waals surface area contributed by atoms with Crippen molar-refractivity contribution in [1.29, 1.82) is 0 Å². The van der Waals surface area contributed by atoms with E-state index in [0.29, 0.717) is 18.1 Å². The van der Waals surface area contributed by atoms with E-state index in [2.05, 4.69) is 22.8 Å². The van der Waals surface area contributed by atoms with Crippen LogP contribution in [0, 0.1) is 5.41 Å². The van der Waals surface area contributed by atoms with Crippen molar-refractivity contribution in [3.05, 3.63) is 35.9 Å². The molecule has 2 fully saturated rings. The minimum atomic E-state index is -0.356. The topological polar surface area (TPSA) is 41.1 Å². The molecule has 2 aliphatic rings. The molecule has 2 atom stereocenters. The van der Waals surface area contributed by atoms with Crippen molar-refractivity contribution in [2.75, 3.05) is 0 Å². The Bertz CT molecular complexity index is 491. The molecule has 2 unspecified atom stereocenters. The first-order valence-electron chi connectivity index (χ1n) is 8.14. The molecule has 2 saturated heterocycles. The monoisotopic (exact) mass is 322 g/mol. The Labute approximate surface area is 139 Å². The molecule has 0 spiro atoms. The van der Waals surface area contributed by atoms with Crippen LogP contribution in [0.3, 0.4) is 0 Å². The molecule has 3 rings (SSSR count). The number of halogens is 1. The van der Waals surface area contributed by atoms with Gasteiger partial charge in [0.2, 0.25) is 5.91 Å².